The maximum Gasteiger partial charge on any atom is 0.0325 e. The maximum atomic E-state index is 5.82. The van der Waals surface area contributed by atoms with Gasteiger partial charge in [-0.05, 0) is 36.8 Å². The quantitative estimate of drug-likeness (QED) is 0.332. The highest BCUT2D eigenvalue weighted by Crippen LogP contribution is 2.25. The van der Waals surface area contributed by atoms with Gasteiger partial charge in [-0.3, -0.25) is 0 Å². The van der Waals surface area contributed by atoms with Gasteiger partial charge in [0.1, 0.15) is 0 Å². The Morgan fingerprint density at radius 3 is 2.26 bits per heavy atom. The molecule has 0 saturated carbocycles. The van der Waals surface area contributed by atoms with Crippen LogP contribution in [0.3, 0.4) is 0 Å². The Morgan fingerprint density at radius 1 is 0.947 bits per heavy atom. The molecule has 1 aromatic rings. The van der Waals surface area contributed by atoms with Gasteiger partial charge in [-0.2, -0.15) is 0 Å². The van der Waals surface area contributed by atoms with Crippen molar-refractivity contribution in [3.63, 3.8) is 0 Å². The summed E-state index contributed by atoms with van der Waals surface area (Å²) in [5, 5.41) is 0. The summed E-state index contributed by atoms with van der Waals surface area (Å²) in [5.41, 5.74) is 8.05. The molecule has 0 spiro atoms. The smallest absolute Gasteiger partial charge is 0.0325 e. The molecule has 0 saturated heterocycles. The molecular formula is C17H29NS. The molecule has 0 amide bonds. The van der Waals surface area contributed by atoms with Crippen LogP contribution < -0.4 is 5.73 Å². The molecule has 1 rings (SSSR count). The summed E-state index contributed by atoms with van der Waals surface area (Å²) >= 11 is 1.95. The lowest BCUT2D eigenvalue weighted by molar-refractivity contribution is 0.586. The average molecular weight is 279 g/mol. The first-order valence-electron chi connectivity index (χ1n) is 7.73. The van der Waals surface area contributed by atoms with Gasteiger partial charge in [-0.25, -0.2) is 0 Å². The lowest BCUT2D eigenvalue weighted by Crippen LogP contribution is -1.89. The summed E-state index contributed by atoms with van der Waals surface area (Å²) in [4.78, 5) is 1.35. The van der Waals surface area contributed by atoms with Crippen LogP contribution in [0.1, 0.15) is 63.9 Å². The molecule has 108 valence electrons. The van der Waals surface area contributed by atoms with E-state index in [2.05, 4.69) is 26.0 Å². The Bertz CT molecular complexity index is 349. The number of anilines is 1. The SMILES string of the molecule is CCCCCCCCCCSc1cc(N)ccc1C. The molecule has 0 bridgehead atoms. The molecule has 2 N–H and O–H groups in total. The number of benzene rings is 1. The van der Waals surface area contributed by atoms with Gasteiger partial charge < -0.3 is 5.73 Å². The average Bonchev–Trinajstić information content (AvgIpc) is 2.40. The molecule has 0 fully saturated rings. The first-order chi connectivity index (χ1) is 9.24. The maximum absolute atomic E-state index is 5.82. The summed E-state index contributed by atoms with van der Waals surface area (Å²) in [6.45, 7) is 4.44. The van der Waals surface area contributed by atoms with Crippen LogP contribution in [0.15, 0.2) is 23.1 Å². The van der Waals surface area contributed by atoms with Crippen molar-refractivity contribution in [2.45, 2.75) is 70.1 Å². The Hall–Kier alpha value is -0.630. The van der Waals surface area contributed by atoms with Crippen molar-refractivity contribution in [2.24, 2.45) is 0 Å². The Labute approximate surface area is 123 Å². The zero-order valence-corrected chi connectivity index (χ0v) is 13.4. The fourth-order valence-electron chi connectivity index (χ4n) is 2.19. The molecule has 1 aromatic carbocycles. The second kappa shape index (κ2) is 10.2. The first kappa shape index (κ1) is 16.4. The Kier molecular flexibility index (Phi) is 8.81. The summed E-state index contributed by atoms with van der Waals surface area (Å²) in [5.74, 6) is 1.22. The van der Waals surface area contributed by atoms with E-state index in [1.54, 1.807) is 0 Å². The highest BCUT2D eigenvalue weighted by Gasteiger charge is 1.99. The summed E-state index contributed by atoms with van der Waals surface area (Å²) in [6, 6.07) is 6.20. The first-order valence-corrected chi connectivity index (χ1v) is 8.71. The van der Waals surface area contributed by atoms with Crippen molar-refractivity contribution in [1.29, 1.82) is 0 Å². The van der Waals surface area contributed by atoms with Crippen LogP contribution in [0.4, 0.5) is 5.69 Å². The molecular weight excluding hydrogens is 250 g/mol. The fraction of sp³-hybridized carbons (Fsp3) is 0.647. The molecule has 0 radical (unpaired) electrons. The number of hydrogen-bond donors (Lipinski definition) is 1. The third kappa shape index (κ3) is 7.51. The number of unbranched alkanes of at least 4 members (excludes halogenated alkanes) is 7. The number of nitrogen functional groups attached to an aromatic ring is 1. The van der Waals surface area contributed by atoms with Gasteiger partial charge in [0.2, 0.25) is 0 Å². The van der Waals surface area contributed by atoms with Crippen molar-refractivity contribution in [3.8, 4) is 0 Å². The number of nitrogens with two attached hydrogens (primary N) is 1. The third-order valence-electron chi connectivity index (χ3n) is 3.47. The monoisotopic (exact) mass is 279 g/mol. The normalized spacial score (nSPS) is 10.8. The second-order valence-corrected chi connectivity index (χ2v) is 6.49. The van der Waals surface area contributed by atoms with Gasteiger partial charge in [-0.15, -0.1) is 11.8 Å². The zero-order chi connectivity index (χ0) is 13.9. The van der Waals surface area contributed by atoms with E-state index in [1.807, 2.05) is 17.8 Å². The standard InChI is InChI=1S/C17H29NS/c1-3-4-5-6-7-8-9-10-13-19-17-14-16(18)12-11-15(17)2/h11-12,14H,3-10,13,18H2,1-2H3. The minimum atomic E-state index is 0.879. The minimum Gasteiger partial charge on any atom is -0.399 e. The van der Waals surface area contributed by atoms with E-state index in [0.717, 1.165) is 5.69 Å². The van der Waals surface area contributed by atoms with Gasteiger partial charge in [0, 0.05) is 10.6 Å². The number of aryl methyl sites for hydroxylation is 1. The Balaban J connectivity index is 2.03. The molecule has 0 heterocycles. The van der Waals surface area contributed by atoms with E-state index in [4.69, 9.17) is 5.73 Å². The lowest BCUT2D eigenvalue weighted by Gasteiger charge is -2.06. The van der Waals surface area contributed by atoms with Crippen molar-refractivity contribution in [3.05, 3.63) is 23.8 Å². The van der Waals surface area contributed by atoms with Crippen molar-refractivity contribution in [1.82, 2.24) is 0 Å². The van der Waals surface area contributed by atoms with E-state index in [0.29, 0.717) is 0 Å². The summed E-state index contributed by atoms with van der Waals surface area (Å²) in [7, 11) is 0. The van der Waals surface area contributed by atoms with Crippen LogP contribution in [0.25, 0.3) is 0 Å². The molecule has 0 aliphatic carbocycles. The number of thioether (sulfide) groups is 1. The minimum absolute atomic E-state index is 0.879. The van der Waals surface area contributed by atoms with Gasteiger partial charge >= 0.3 is 0 Å². The van der Waals surface area contributed by atoms with Crippen LogP contribution in [0, 0.1) is 6.92 Å². The number of rotatable bonds is 10. The lowest BCUT2D eigenvalue weighted by atomic mass is 10.1. The van der Waals surface area contributed by atoms with Crippen molar-refractivity contribution >= 4 is 17.4 Å². The van der Waals surface area contributed by atoms with Crippen LogP contribution in [0.5, 0.6) is 0 Å². The van der Waals surface area contributed by atoms with Crippen LogP contribution in [0.2, 0.25) is 0 Å². The highest BCUT2D eigenvalue weighted by molar-refractivity contribution is 7.99. The molecule has 0 unspecified atom stereocenters. The molecule has 0 aliphatic heterocycles. The van der Waals surface area contributed by atoms with Gasteiger partial charge in [0.05, 0.1) is 0 Å². The van der Waals surface area contributed by atoms with E-state index in [9.17, 15) is 0 Å². The van der Waals surface area contributed by atoms with Crippen LogP contribution in [-0.2, 0) is 0 Å². The summed E-state index contributed by atoms with van der Waals surface area (Å²) in [6.07, 6.45) is 11.1. The van der Waals surface area contributed by atoms with E-state index in [1.165, 1.54) is 67.6 Å². The second-order valence-electron chi connectivity index (χ2n) is 5.35. The predicted octanol–water partition coefficient (Wildman–Crippen LogP) is 5.81. The van der Waals surface area contributed by atoms with E-state index < -0.39 is 0 Å². The van der Waals surface area contributed by atoms with Crippen molar-refractivity contribution in [2.75, 3.05) is 11.5 Å². The van der Waals surface area contributed by atoms with Crippen LogP contribution >= 0.6 is 11.8 Å². The van der Waals surface area contributed by atoms with Gasteiger partial charge in [0.25, 0.3) is 0 Å². The van der Waals surface area contributed by atoms with Crippen LogP contribution in [-0.4, -0.2) is 5.75 Å². The van der Waals surface area contributed by atoms with E-state index in [-0.39, 0.29) is 0 Å². The Morgan fingerprint density at radius 2 is 1.58 bits per heavy atom. The molecule has 1 nitrogen and oxygen atoms in total. The molecule has 19 heavy (non-hydrogen) atoms. The van der Waals surface area contributed by atoms with E-state index >= 15 is 0 Å². The molecule has 0 atom stereocenters. The predicted molar refractivity (Wildman–Crippen MR) is 88.9 cm³/mol. The largest absolute Gasteiger partial charge is 0.399 e. The van der Waals surface area contributed by atoms with Crippen molar-refractivity contribution < 1.29 is 0 Å². The molecule has 2 heteroatoms. The fourth-order valence-corrected chi connectivity index (χ4v) is 3.27. The topological polar surface area (TPSA) is 26.0 Å². The number of hydrogen-bond acceptors (Lipinski definition) is 2. The van der Waals surface area contributed by atoms with Gasteiger partial charge in [0.15, 0.2) is 0 Å². The molecule has 0 aromatic heterocycles. The highest BCUT2D eigenvalue weighted by atomic mass is 32.2. The zero-order valence-electron chi connectivity index (χ0n) is 12.6. The molecule has 0 aliphatic rings. The third-order valence-corrected chi connectivity index (χ3v) is 4.71. The van der Waals surface area contributed by atoms with Gasteiger partial charge in [-0.1, -0.05) is 57.9 Å². The summed E-state index contributed by atoms with van der Waals surface area (Å²) < 4.78 is 0.